The van der Waals surface area contributed by atoms with E-state index >= 15 is 0 Å². The number of hydrogen-bond donors (Lipinski definition) is 0. The molecule has 29 heavy (non-hydrogen) atoms. The maximum absolute atomic E-state index is 12.5. The lowest BCUT2D eigenvalue weighted by atomic mass is 10.1. The summed E-state index contributed by atoms with van der Waals surface area (Å²) in [6.45, 7) is 8.98. The molecular weight excluding hydrogens is 402 g/mol. The second kappa shape index (κ2) is 9.76. The molecule has 1 saturated heterocycles. The van der Waals surface area contributed by atoms with Gasteiger partial charge in [0.15, 0.2) is 0 Å². The number of aryl methyl sites for hydroxylation is 2. The van der Waals surface area contributed by atoms with Gasteiger partial charge in [-0.2, -0.15) is 0 Å². The highest BCUT2D eigenvalue weighted by atomic mass is 32.2. The zero-order valence-electron chi connectivity index (χ0n) is 16.5. The number of benzene rings is 2. The van der Waals surface area contributed by atoms with Gasteiger partial charge in [0.1, 0.15) is 29.0 Å². The SMILES string of the molecule is C=CCN1C(=O)/C(=C\c2ccccc2OCCOc2c(C)cccc2C)SC1=S. The van der Waals surface area contributed by atoms with Gasteiger partial charge < -0.3 is 9.47 Å². The Bertz CT molecular complexity index is 948. The molecular formula is C23H23NO3S2. The van der Waals surface area contributed by atoms with Gasteiger partial charge in [-0.25, -0.2) is 0 Å². The fourth-order valence-electron chi connectivity index (χ4n) is 2.98. The van der Waals surface area contributed by atoms with E-state index < -0.39 is 0 Å². The summed E-state index contributed by atoms with van der Waals surface area (Å²) < 4.78 is 12.4. The molecule has 0 radical (unpaired) electrons. The molecule has 0 unspecified atom stereocenters. The van der Waals surface area contributed by atoms with Crippen LogP contribution < -0.4 is 9.47 Å². The maximum atomic E-state index is 12.5. The summed E-state index contributed by atoms with van der Waals surface area (Å²) in [6.07, 6.45) is 3.49. The molecule has 1 aliphatic heterocycles. The second-order valence-corrected chi connectivity index (χ2v) is 8.21. The highest BCUT2D eigenvalue weighted by molar-refractivity contribution is 8.26. The standard InChI is InChI=1S/C23H23NO3S2/c1-4-12-24-22(25)20(29-23(24)28)15-18-10-5-6-11-19(18)26-13-14-27-21-16(2)8-7-9-17(21)3/h4-11,15H,1,12-14H2,2-3H3/b20-15+. The minimum Gasteiger partial charge on any atom is -0.489 e. The van der Waals surface area contributed by atoms with Crippen LogP contribution in [0.2, 0.25) is 0 Å². The highest BCUT2D eigenvalue weighted by Gasteiger charge is 2.31. The molecule has 2 aromatic rings. The number of hydrogen-bond acceptors (Lipinski definition) is 5. The molecule has 1 fully saturated rings. The fourth-order valence-corrected chi connectivity index (χ4v) is 4.25. The Morgan fingerprint density at radius 1 is 1.07 bits per heavy atom. The summed E-state index contributed by atoms with van der Waals surface area (Å²) in [6, 6.07) is 13.7. The Kier molecular flexibility index (Phi) is 7.12. The van der Waals surface area contributed by atoms with Crippen LogP contribution in [0, 0.1) is 13.8 Å². The normalized spacial score (nSPS) is 15.1. The zero-order chi connectivity index (χ0) is 20.8. The largest absolute Gasteiger partial charge is 0.489 e. The van der Waals surface area contributed by atoms with E-state index in [0.717, 1.165) is 22.4 Å². The Hall–Kier alpha value is -2.57. The molecule has 6 heteroatoms. The Labute approximate surface area is 181 Å². The quantitative estimate of drug-likeness (QED) is 0.253. The third kappa shape index (κ3) is 5.08. The minimum atomic E-state index is -0.104. The predicted molar refractivity (Wildman–Crippen MR) is 123 cm³/mol. The van der Waals surface area contributed by atoms with Crippen LogP contribution in [0.15, 0.2) is 60.0 Å². The maximum Gasteiger partial charge on any atom is 0.266 e. The van der Waals surface area contributed by atoms with E-state index in [9.17, 15) is 4.79 Å². The van der Waals surface area contributed by atoms with Crippen molar-refractivity contribution in [3.8, 4) is 11.5 Å². The molecule has 2 aromatic carbocycles. The second-order valence-electron chi connectivity index (χ2n) is 6.54. The number of rotatable bonds is 8. The first-order chi connectivity index (χ1) is 14.0. The minimum absolute atomic E-state index is 0.104. The van der Waals surface area contributed by atoms with Gasteiger partial charge in [-0.15, -0.1) is 6.58 Å². The number of para-hydroxylation sites is 2. The summed E-state index contributed by atoms with van der Waals surface area (Å²) in [5.74, 6) is 1.50. The van der Waals surface area contributed by atoms with Crippen LogP contribution in [0.1, 0.15) is 16.7 Å². The van der Waals surface area contributed by atoms with E-state index in [1.165, 1.54) is 11.8 Å². The zero-order valence-corrected chi connectivity index (χ0v) is 18.1. The lowest BCUT2D eigenvalue weighted by molar-refractivity contribution is -0.121. The number of ether oxygens (including phenoxy) is 2. The summed E-state index contributed by atoms with van der Waals surface area (Å²) >= 11 is 6.59. The molecule has 150 valence electrons. The molecule has 0 saturated carbocycles. The molecule has 0 N–H and O–H groups in total. The van der Waals surface area contributed by atoms with Crippen LogP contribution in [0.3, 0.4) is 0 Å². The van der Waals surface area contributed by atoms with Crippen molar-refractivity contribution >= 4 is 40.3 Å². The molecule has 0 aliphatic carbocycles. The third-order valence-corrected chi connectivity index (χ3v) is 5.76. The van der Waals surface area contributed by atoms with Crippen molar-refractivity contribution in [3.05, 3.63) is 76.7 Å². The van der Waals surface area contributed by atoms with Crippen LogP contribution in [0.25, 0.3) is 6.08 Å². The molecule has 0 spiro atoms. The number of carbonyl (C=O) groups is 1. The summed E-state index contributed by atoms with van der Waals surface area (Å²) in [4.78, 5) is 14.7. The van der Waals surface area contributed by atoms with Gasteiger partial charge in [0, 0.05) is 12.1 Å². The molecule has 1 aliphatic rings. The van der Waals surface area contributed by atoms with Crippen LogP contribution in [-0.2, 0) is 4.79 Å². The van der Waals surface area contributed by atoms with Gasteiger partial charge in [0.25, 0.3) is 5.91 Å². The summed E-state index contributed by atoms with van der Waals surface area (Å²) in [5, 5.41) is 0. The molecule has 0 aromatic heterocycles. The van der Waals surface area contributed by atoms with Crippen molar-refractivity contribution in [2.75, 3.05) is 19.8 Å². The molecule has 0 atom stereocenters. The first-order valence-electron chi connectivity index (χ1n) is 9.28. The van der Waals surface area contributed by atoms with Crippen LogP contribution in [0.4, 0.5) is 0 Å². The van der Waals surface area contributed by atoms with E-state index in [-0.39, 0.29) is 5.91 Å². The Morgan fingerprint density at radius 2 is 1.76 bits per heavy atom. The van der Waals surface area contributed by atoms with Crippen LogP contribution in [0.5, 0.6) is 11.5 Å². The number of nitrogens with zero attached hydrogens (tertiary/aromatic N) is 1. The van der Waals surface area contributed by atoms with Crippen molar-refractivity contribution in [2.45, 2.75) is 13.8 Å². The van der Waals surface area contributed by atoms with Crippen LogP contribution >= 0.6 is 24.0 Å². The van der Waals surface area contributed by atoms with Gasteiger partial charge in [0.05, 0.1) is 4.91 Å². The van der Waals surface area contributed by atoms with Gasteiger partial charge in [-0.1, -0.05) is 66.5 Å². The molecule has 4 nitrogen and oxygen atoms in total. The van der Waals surface area contributed by atoms with Gasteiger partial charge >= 0.3 is 0 Å². The van der Waals surface area contributed by atoms with Crippen molar-refractivity contribution in [1.29, 1.82) is 0 Å². The highest BCUT2D eigenvalue weighted by Crippen LogP contribution is 2.34. The first kappa shape index (κ1) is 21.1. The Morgan fingerprint density at radius 3 is 2.48 bits per heavy atom. The van der Waals surface area contributed by atoms with Gasteiger partial charge in [0.2, 0.25) is 0 Å². The van der Waals surface area contributed by atoms with Crippen LogP contribution in [-0.4, -0.2) is 34.9 Å². The van der Waals surface area contributed by atoms with E-state index in [0.29, 0.717) is 34.7 Å². The first-order valence-corrected chi connectivity index (χ1v) is 10.5. The lowest BCUT2D eigenvalue weighted by Gasteiger charge is -2.13. The third-order valence-electron chi connectivity index (χ3n) is 4.39. The molecule has 1 amide bonds. The van der Waals surface area contributed by atoms with Gasteiger partial charge in [-0.3, -0.25) is 9.69 Å². The average Bonchev–Trinajstić information content (AvgIpc) is 2.96. The number of thiocarbonyl (C=S) groups is 1. The van der Waals surface area contributed by atoms with Crippen molar-refractivity contribution < 1.29 is 14.3 Å². The topological polar surface area (TPSA) is 38.8 Å². The van der Waals surface area contributed by atoms with E-state index in [1.54, 1.807) is 11.0 Å². The monoisotopic (exact) mass is 425 g/mol. The predicted octanol–water partition coefficient (Wildman–Crippen LogP) is 5.15. The smallest absolute Gasteiger partial charge is 0.266 e. The lowest BCUT2D eigenvalue weighted by Crippen LogP contribution is -2.27. The Balaban J connectivity index is 1.66. The summed E-state index contributed by atoms with van der Waals surface area (Å²) in [5.41, 5.74) is 3.04. The molecule has 0 bridgehead atoms. The van der Waals surface area contributed by atoms with E-state index in [2.05, 4.69) is 6.58 Å². The van der Waals surface area contributed by atoms with Crippen molar-refractivity contribution in [2.24, 2.45) is 0 Å². The fraction of sp³-hybridized carbons (Fsp3) is 0.217. The number of thioether (sulfide) groups is 1. The molecule has 1 heterocycles. The van der Waals surface area contributed by atoms with Gasteiger partial charge in [-0.05, 0) is 37.1 Å². The van der Waals surface area contributed by atoms with E-state index in [1.807, 2.05) is 62.4 Å². The summed E-state index contributed by atoms with van der Waals surface area (Å²) in [7, 11) is 0. The van der Waals surface area contributed by atoms with E-state index in [4.69, 9.17) is 21.7 Å². The van der Waals surface area contributed by atoms with Crippen molar-refractivity contribution in [3.63, 3.8) is 0 Å². The molecule has 3 rings (SSSR count). The van der Waals surface area contributed by atoms with Crippen molar-refractivity contribution in [1.82, 2.24) is 4.90 Å². The number of carbonyl (C=O) groups excluding carboxylic acids is 1. The average molecular weight is 426 g/mol. The number of amides is 1.